The molecule has 0 aromatic carbocycles. The highest BCUT2D eigenvalue weighted by Crippen LogP contribution is 2.20. The maximum absolute atomic E-state index is 11.5. The minimum Gasteiger partial charge on any atom is -0.396 e. The Morgan fingerprint density at radius 1 is 1.35 bits per heavy atom. The first-order valence-electron chi connectivity index (χ1n) is 5.94. The maximum atomic E-state index is 11.5. The van der Waals surface area contributed by atoms with Crippen molar-refractivity contribution in [1.82, 2.24) is 10.6 Å². The van der Waals surface area contributed by atoms with Crippen LogP contribution in [0.25, 0.3) is 0 Å². The molecule has 0 rings (SSSR count). The molecule has 5 nitrogen and oxygen atoms in total. The molecule has 17 heavy (non-hydrogen) atoms. The maximum Gasteiger partial charge on any atom is 0.242 e. The van der Waals surface area contributed by atoms with E-state index in [9.17, 15) is 9.59 Å². The summed E-state index contributed by atoms with van der Waals surface area (Å²) in [6, 6.07) is -0.502. The lowest BCUT2D eigenvalue weighted by Gasteiger charge is -2.21. The first kappa shape index (κ1) is 15.9. The minimum absolute atomic E-state index is 0.103. The summed E-state index contributed by atoms with van der Waals surface area (Å²) >= 11 is 0. The molecule has 0 saturated carbocycles. The molecule has 1 atom stereocenters. The molecule has 0 bridgehead atoms. The monoisotopic (exact) mass is 244 g/mol. The Bertz CT molecular complexity index is 264. The van der Waals surface area contributed by atoms with Crippen molar-refractivity contribution in [2.75, 3.05) is 13.2 Å². The largest absolute Gasteiger partial charge is 0.396 e. The van der Waals surface area contributed by atoms with Gasteiger partial charge in [0.1, 0.15) is 6.04 Å². The van der Waals surface area contributed by atoms with E-state index in [0.717, 1.165) is 12.8 Å². The molecule has 0 saturated heterocycles. The summed E-state index contributed by atoms with van der Waals surface area (Å²) < 4.78 is 0. The van der Waals surface area contributed by atoms with Crippen LogP contribution in [0.2, 0.25) is 0 Å². The van der Waals surface area contributed by atoms with Gasteiger partial charge in [0.25, 0.3) is 0 Å². The van der Waals surface area contributed by atoms with Crippen LogP contribution < -0.4 is 10.6 Å². The number of hydrogen-bond donors (Lipinski definition) is 3. The molecule has 0 aromatic heterocycles. The van der Waals surface area contributed by atoms with Gasteiger partial charge in [-0.05, 0) is 25.2 Å². The van der Waals surface area contributed by atoms with E-state index in [-0.39, 0.29) is 23.8 Å². The van der Waals surface area contributed by atoms with Crippen molar-refractivity contribution in [1.29, 1.82) is 0 Å². The molecule has 0 aliphatic heterocycles. The van der Waals surface area contributed by atoms with Gasteiger partial charge in [0, 0.05) is 20.1 Å². The molecular formula is C12H24N2O3. The third kappa shape index (κ3) is 7.74. The Morgan fingerprint density at radius 2 is 1.94 bits per heavy atom. The van der Waals surface area contributed by atoms with Crippen molar-refractivity contribution in [3.05, 3.63) is 0 Å². The fourth-order valence-electron chi connectivity index (χ4n) is 1.38. The molecule has 5 heteroatoms. The molecule has 0 aromatic rings. The van der Waals surface area contributed by atoms with Crippen molar-refractivity contribution in [3.63, 3.8) is 0 Å². The standard InChI is InChI=1S/C12H24N2O3/c1-9(14-10(2)16)11(17)13-7-5-6-12(3,4)8-15/h9,15H,5-8H2,1-4H3,(H,13,17)(H,14,16). The van der Waals surface area contributed by atoms with Crippen LogP contribution in [0.1, 0.15) is 40.5 Å². The molecule has 0 spiro atoms. The molecule has 100 valence electrons. The molecule has 0 aliphatic rings. The van der Waals surface area contributed by atoms with E-state index in [1.54, 1.807) is 6.92 Å². The van der Waals surface area contributed by atoms with Gasteiger partial charge < -0.3 is 15.7 Å². The summed E-state index contributed by atoms with van der Waals surface area (Å²) in [6.45, 7) is 7.70. The van der Waals surface area contributed by atoms with E-state index >= 15 is 0 Å². The first-order chi connectivity index (χ1) is 7.78. The van der Waals surface area contributed by atoms with Gasteiger partial charge in [-0.3, -0.25) is 9.59 Å². The predicted octanol–water partition coefficient (Wildman–Crippen LogP) is 0.426. The lowest BCUT2D eigenvalue weighted by atomic mass is 9.89. The predicted molar refractivity (Wildman–Crippen MR) is 66.4 cm³/mol. The SMILES string of the molecule is CC(=O)NC(C)C(=O)NCCCC(C)(C)CO. The molecule has 2 amide bonds. The summed E-state index contributed by atoms with van der Waals surface area (Å²) in [5.41, 5.74) is -0.103. The highest BCUT2D eigenvalue weighted by Gasteiger charge is 2.16. The van der Waals surface area contributed by atoms with Gasteiger partial charge in [-0.2, -0.15) is 0 Å². The van der Waals surface area contributed by atoms with E-state index in [4.69, 9.17) is 5.11 Å². The number of carbonyl (C=O) groups excluding carboxylic acids is 2. The Labute approximate surface area is 103 Å². The number of rotatable bonds is 7. The molecule has 0 heterocycles. The number of nitrogens with one attached hydrogen (secondary N) is 2. The zero-order valence-electron chi connectivity index (χ0n) is 11.2. The first-order valence-corrected chi connectivity index (χ1v) is 5.94. The highest BCUT2D eigenvalue weighted by molar-refractivity contribution is 5.86. The number of aliphatic hydroxyl groups excluding tert-OH is 1. The van der Waals surface area contributed by atoms with E-state index in [0.29, 0.717) is 6.54 Å². The Hall–Kier alpha value is -1.10. The summed E-state index contributed by atoms with van der Waals surface area (Å²) in [4.78, 5) is 22.2. The van der Waals surface area contributed by atoms with Crippen molar-refractivity contribution in [2.24, 2.45) is 5.41 Å². The fourth-order valence-corrected chi connectivity index (χ4v) is 1.38. The lowest BCUT2D eigenvalue weighted by Crippen LogP contribution is -2.44. The second-order valence-corrected chi connectivity index (χ2v) is 5.14. The summed E-state index contributed by atoms with van der Waals surface area (Å²) in [5.74, 6) is -0.393. The van der Waals surface area contributed by atoms with Crippen LogP contribution >= 0.6 is 0 Å². The van der Waals surface area contributed by atoms with E-state index in [2.05, 4.69) is 10.6 Å². The topological polar surface area (TPSA) is 78.4 Å². The number of carbonyl (C=O) groups is 2. The van der Waals surface area contributed by atoms with Crippen molar-refractivity contribution >= 4 is 11.8 Å². The minimum atomic E-state index is -0.502. The third-order valence-corrected chi connectivity index (χ3v) is 2.57. The van der Waals surface area contributed by atoms with Crippen LogP contribution in [0.5, 0.6) is 0 Å². The van der Waals surface area contributed by atoms with Crippen molar-refractivity contribution < 1.29 is 14.7 Å². The lowest BCUT2D eigenvalue weighted by molar-refractivity contribution is -0.127. The quantitative estimate of drug-likeness (QED) is 0.568. The van der Waals surface area contributed by atoms with Gasteiger partial charge in [-0.25, -0.2) is 0 Å². The molecule has 0 radical (unpaired) electrons. The molecule has 0 fully saturated rings. The van der Waals surface area contributed by atoms with Crippen LogP contribution in [0.15, 0.2) is 0 Å². The van der Waals surface area contributed by atoms with Crippen LogP contribution in [0.3, 0.4) is 0 Å². The smallest absolute Gasteiger partial charge is 0.242 e. The van der Waals surface area contributed by atoms with Crippen LogP contribution in [0, 0.1) is 5.41 Å². The molecule has 3 N–H and O–H groups in total. The summed E-state index contributed by atoms with van der Waals surface area (Å²) in [6.07, 6.45) is 1.66. The van der Waals surface area contributed by atoms with Crippen LogP contribution in [0.4, 0.5) is 0 Å². The Morgan fingerprint density at radius 3 is 2.41 bits per heavy atom. The van der Waals surface area contributed by atoms with E-state index < -0.39 is 6.04 Å². The normalized spacial score (nSPS) is 13.0. The number of aliphatic hydroxyl groups is 1. The van der Waals surface area contributed by atoms with Gasteiger partial charge in [-0.15, -0.1) is 0 Å². The third-order valence-electron chi connectivity index (χ3n) is 2.57. The molecular weight excluding hydrogens is 220 g/mol. The second kappa shape index (κ2) is 7.27. The number of hydrogen-bond acceptors (Lipinski definition) is 3. The van der Waals surface area contributed by atoms with Crippen molar-refractivity contribution in [3.8, 4) is 0 Å². The fraction of sp³-hybridized carbons (Fsp3) is 0.833. The molecule has 1 unspecified atom stereocenters. The molecule has 0 aliphatic carbocycles. The van der Waals surface area contributed by atoms with Crippen LogP contribution in [-0.2, 0) is 9.59 Å². The van der Waals surface area contributed by atoms with Crippen LogP contribution in [-0.4, -0.2) is 36.1 Å². The average Bonchev–Trinajstić information content (AvgIpc) is 2.23. The Kier molecular flexibility index (Phi) is 6.80. The highest BCUT2D eigenvalue weighted by atomic mass is 16.3. The van der Waals surface area contributed by atoms with Gasteiger partial charge in [0.2, 0.25) is 11.8 Å². The van der Waals surface area contributed by atoms with Gasteiger partial charge in [-0.1, -0.05) is 13.8 Å². The zero-order valence-corrected chi connectivity index (χ0v) is 11.2. The van der Waals surface area contributed by atoms with Gasteiger partial charge in [0.15, 0.2) is 0 Å². The zero-order chi connectivity index (χ0) is 13.5. The van der Waals surface area contributed by atoms with E-state index in [1.165, 1.54) is 6.92 Å². The second-order valence-electron chi connectivity index (χ2n) is 5.14. The number of amides is 2. The van der Waals surface area contributed by atoms with Gasteiger partial charge in [0.05, 0.1) is 0 Å². The van der Waals surface area contributed by atoms with Crippen molar-refractivity contribution in [2.45, 2.75) is 46.6 Å². The van der Waals surface area contributed by atoms with Gasteiger partial charge >= 0.3 is 0 Å². The van der Waals surface area contributed by atoms with E-state index in [1.807, 2.05) is 13.8 Å². The summed E-state index contributed by atoms with van der Waals surface area (Å²) in [5, 5.41) is 14.3. The Balaban J connectivity index is 3.75. The average molecular weight is 244 g/mol. The summed E-state index contributed by atoms with van der Waals surface area (Å²) in [7, 11) is 0.